The Morgan fingerprint density at radius 3 is 2.22 bits per heavy atom. The molecule has 128 valence electrons. The number of aliphatic hydroxyl groups excluding tert-OH is 1. The Labute approximate surface area is 140 Å². The van der Waals surface area contributed by atoms with Gasteiger partial charge in [0.1, 0.15) is 27.2 Å². The fraction of sp³-hybridized carbons (Fsp3) is 0.562. The van der Waals surface area contributed by atoms with E-state index in [1.165, 1.54) is 32.5 Å². The van der Waals surface area contributed by atoms with Gasteiger partial charge in [-0.1, -0.05) is 41.6 Å². The lowest BCUT2D eigenvalue weighted by Crippen LogP contribution is -2.70. The highest BCUT2D eigenvalue weighted by atomic mass is 32.2. The minimum absolute atomic E-state index is 0.674. The molecule has 0 saturated carbocycles. The molecule has 1 heterocycles. The zero-order valence-electron chi connectivity index (χ0n) is 13.7. The zero-order chi connectivity index (χ0) is 17.5. The first-order chi connectivity index (χ1) is 10.5. The highest BCUT2D eigenvalue weighted by molar-refractivity contribution is 8.15. The van der Waals surface area contributed by atoms with Gasteiger partial charge >= 0.3 is 0 Å². The van der Waals surface area contributed by atoms with Crippen molar-refractivity contribution < 1.29 is 20.4 Å². The van der Waals surface area contributed by atoms with Gasteiger partial charge in [0.2, 0.25) is 0 Å². The number of thioether (sulfide) groups is 1. The van der Waals surface area contributed by atoms with Crippen LogP contribution in [0.3, 0.4) is 0 Å². The van der Waals surface area contributed by atoms with Gasteiger partial charge in [-0.25, -0.2) is 0 Å². The smallest absolute Gasteiger partial charge is 0.127 e. The molecule has 6 nitrogen and oxygen atoms in total. The Balaban J connectivity index is 2.20. The number of rotatable bonds is 5. The summed E-state index contributed by atoms with van der Waals surface area (Å²) in [5.74, 6) is 0. The minimum atomic E-state index is -1.96. The van der Waals surface area contributed by atoms with Crippen LogP contribution in [0, 0.1) is 6.92 Å². The van der Waals surface area contributed by atoms with Crippen molar-refractivity contribution >= 4 is 16.8 Å². The summed E-state index contributed by atoms with van der Waals surface area (Å²) in [5, 5.41) is 45.3. The quantitative estimate of drug-likeness (QED) is 0.537. The first-order valence-corrected chi connectivity index (χ1v) is 8.26. The van der Waals surface area contributed by atoms with Crippen molar-refractivity contribution in [2.24, 2.45) is 5.10 Å². The molecule has 0 unspecified atom stereocenters. The van der Waals surface area contributed by atoms with E-state index in [1.807, 2.05) is 31.2 Å². The second kappa shape index (κ2) is 6.07. The van der Waals surface area contributed by atoms with Crippen molar-refractivity contribution in [2.45, 2.75) is 49.9 Å². The third-order valence-corrected chi connectivity index (χ3v) is 6.01. The summed E-state index contributed by atoms with van der Waals surface area (Å²) in [6, 6.07) is 7.80. The summed E-state index contributed by atoms with van der Waals surface area (Å²) in [6.45, 7) is 5.31. The number of hydrogen-bond acceptors (Lipinski definition) is 7. The number of aliphatic hydroxyl groups is 4. The highest BCUT2D eigenvalue weighted by Gasteiger charge is 2.58. The Morgan fingerprint density at radius 2 is 1.70 bits per heavy atom. The van der Waals surface area contributed by atoms with Crippen molar-refractivity contribution in [1.29, 1.82) is 0 Å². The van der Waals surface area contributed by atoms with Crippen LogP contribution in [0.2, 0.25) is 0 Å². The number of hydrogen-bond donors (Lipinski definition) is 5. The summed E-state index contributed by atoms with van der Waals surface area (Å²) >= 11 is 1.27. The molecule has 0 bridgehead atoms. The lowest BCUT2D eigenvalue weighted by atomic mass is 9.73. The molecular weight excluding hydrogens is 316 g/mol. The van der Waals surface area contributed by atoms with Crippen molar-refractivity contribution in [2.75, 3.05) is 6.61 Å². The SMILES string of the molecule is Cc1ccc(C2=NN[C@@H]([C@@](C)(O)[C@](C)(O)[C@](C)(O)CO)S2)cc1. The van der Waals surface area contributed by atoms with Gasteiger partial charge in [0, 0.05) is 5.56 Å². The van der Waals surface area contributed by atoms with Crippen LogP contribution >= 0.6 is 11.8 Å². The number of nitrogens with one attached hydrogen (secondary N) is 1. The Hall–Kier alpha value is -1.12. The van der Waals surface area contributed by atoms with E-state index in [9.17, 15) is 20.4 Å². The molecule has 1 aromatic rings. The van der Waals surface area contributed by atoms with Gasteiger partial charge in [-0.15, -0.1) is 0 Å². The van der Waals surface area contributed by atoms with E-state index < -0.39 is 28.8 Å². The molecule has 0 radical (unpaired) electrons. The molecule has 1 aromatic carbocycles. The van der Waals surface area contributed by atoms with Gasteiger partial charge in [-0.05, 0) is 27.7 Å². The minimum Gasteiger partial charge on any atom is -0.393 e. The van der Waals surface area contributed by atoms with Crippen LogP contribution in [0.5, 0.6) is 0 Å². The van der Waals surface area contributed by atoms with Gasteiger partial charge in [0.15, 0.2) is 0 Å². The van der Waals surface area contributed by atoms with Crippen molar-refractivity contribution in [3.63, 3.8) is 0 Å². The van der Waals surface area contributed by atoms with Gasteiger partial charge in [-0.2, -0.15) is 5.10 Å². The maximum atomic E-state index is 10.8. The Morgan fingerprint density at radius 1 is 1.13 bits per heavy atom. The topological polar surface area (TPSA) is 105 Å². The average Bonchev–Trinajstić information content (AvgIpc) is 2.98. The van der Waals surface area contributed by atoms with E-state index in [2.05, 4.69) is 10.5 Å². The van der Waals surface area contributed by atoms with Crippen LogP contribution in [0.4, 0.5) is 0 Å². The molecule has 4 atom stereocenters. The summed E-state index contributed by atoms with van der Waals surface area (Å²) in [4.78, 5) is 0. The largest absolute Gasteiger partial charge is 0.393 e. The Bertz CT molecular complexity index is 597. The molecule has 7 heteroatoms. The molecule has 2 rings (SSSR count). The number of hydrazone groups is 1. The second-order valence-corrected chi connectivity index (χ2v) is 7.66. The fourth-order valence-electron chi connectivity index (χ4n) is 2.31. The normalized spacial score (nSPS) is 25.7. The van der Waals surface area contributed by atoms with E-state index in [0.717, 1.165) is 11.1 Å². The third-order valence-electron chi connectivity index (χ3n) is 4.66. The van der Waals surface area contributed by atoms with Crippen molar-refractivity contribution in [3.8, 4) is 0 Å². The second-order valence-electron chi connectivity index (χ2n) is 6.56. The van der Waals surface area contributed by atoms with Crippen LogP contribution in [0.15, 0.2) is 29.4 Å². The number of aryl methyl sites for hydroxylation is 1. The zero-order valence-corrected chi connectivity index (χ0v) is 14.6. The maximum Gasteiger partial charge on any atom is 0.127 e. The van der Waals surface area contributed by atoms with E-state index in [4.69, 9.17) is 0 Å². The molecule has 0 amide bonds. The first-order valence-electron chi connectivity index (χ1n) is 7.38. The number of benzene rings is 1. The summed E-state index contributed by atoms with van der Waals surface area (Å²) in [7, 11) is 0. The van der Waals surface area contributed by atoms with Gasteiger partial charge in [0.25, 0.3) is 0 Å². The van der Waals surface area contributed by atoms with Crippen LogP contribution in [-0.2, 0) is 0 Å². The fourth-order valence-corrected chi connectivity index (χ4v) is 3.47. The van der Waals surface area contributed by atoms with Gasteiger partial charge < -0.3 is 20.4 Å². The van der Waals surface area contributed by atoms with Crippen LogP contribution in [0.1, 0.15) is 31.9 Å². The summed E-state index contributed by atoms with van der Waals surface area (Å²) in [6.07, 6.45) is 0. The molecular formula is C16H24N2O4S. The molecule has 0 spiro atoms. The summed E-state index contributed by atoms with van der Waals surface area (Å²) < 4.78 is 0. The predicted molar refractivity (Wildman–Crippen MR) is 91.2 cm³/mol. The molecule has 0 fully saturated rings. The van der Waals surface area contributed by atoms with Gasteiger partial charge in [-0.3, -0.25) is 5.43 Å². The molecule has 5 N–H and O–H groups in total. The van der Waals surface area contributed by atoms with Crippen LogP contribution in [-0.4, -0.2) is 54.3 Å². The highest BCUT2D eigenvalue weighted by Crippen LogP contribution is 2.40. The monoisotopic (exact) mass is 340 g/mol. The van der Waals surface area contributed by atoms with Crippen LogP contribution in [0.25, 0.3) is 0 Å². The van der Waals surface area contributed by atoms with Gasteiger partial charge in [0.05, 0.1) is 6.61 Å². The molecule has 0 aliphatic carbocycles. The lowest BCUT2D eigenvalue weighted by molar-refractivity contribution is -0.236. The average molecular weight is 340 g/mol. The Kier molecular flexibility index (Phi) is 4.81. The molecule has 23 heavy (non-hydrogen) atoms. The molecule has 1 aliphatic heterocycles. The molecule has 1 aliphatic rings. The third kappa shape index (κ3) is 3.12. The summed E-state index contributed by atoms with van der Waals surface area (Å²) in [5.41, 5.74) is -0.732. The predicted octanol–water partition coefficient (Wildman–Crippen LogP) is 0.564. The molecule has 0 aromatic heterocycles. The number of nitrogens with zero attached hydrogens (tertiary/aromatic N) is 1. The van der Waals surface area contributed by atoms with Crippen molar-refractivity contribution in [3.05, 3.63) is 35.4 Å². The van der Waals surface area contributed by atoms with E-state index in [0.29, 0.717) is 5.04 Å². The van der Waals surface area contributed by atoms with Crippen LogP contribution < -0.4 is 5.43 Å². The maximum absolute atomic E-state index is 10.8. The van der Waals surface area contributed by atoms with E-state index in [-0.39, 0.29) is 0 Å². The molecule has 0 saturated heterocycles. The van der Waals surface area contributed by atoms with E-state index in [1.54, 1.807) is 0 Å². The lowest BCUT2D eigenvalue weighted by Gasteiger charge is -2.48. The van der Waals surface area contributed by atoms with E-state index >= 15 is 0 Å². The standard InChI is InChI=1S/C16H24N2O4S/c1-10-5-7-11(8-6-10)12-17-18-13(23-12)15(3,21)16(4,22)14(2,20)9-19/h5-8,13,18-22H,9H2,1-4H3/t13-,14-,15-,16-/m1/s1. The first kappa shape index (κ1) is 18.2. The van der Waals surface area contributed by atoms with Crippen molar-refractivity contribution in [1.82, 2.24) is 5.43 Å².